The Labute approximate surface area is 106 Å². The Morgan fingerprint density at radius 1 is 1.39 bits per heavy atom. The first-order valence-electron chi connectivity index (χ1n) is 5.85. The fourth-order valence-electron chi connectivity index (χ4n) is 1.70. The van der Waals surface area contributed by atoms with Crippen LogP contribution in [0.15, 0.2) is 36.7 Å². The van der Waals surface area contributed by atoms with Crippen LogP contribution in [0, 0.1) is 0 Å². The maximum Gasteiger partial charge on any atom is 0.257 e. The summed E-state index contributed by atoms with van der Waals surface area (Å²) in [5.41, 5.74) is 2.12. The third-order valence-corrected chi connectivity index (χ3v) is 2.66. The molecule has 0 atom stereocenters. The second kappa shape index (κ2) is 5.35. The lowest BCUT2D eigenvalue weighted by Crippen LogP contribution is -2.13. The second-order valence-corrected chi connectivity index (χ2v) is 3.83. The molecule has 0 saturated carbocycles. The molecule has 0 saturated heterocycles. The molecule has 0 aliphatic heterocycles. The van der Waals surface area contributed by atoms with Gasteiger partial charge in [-0.3, -0.25) is 9.48 Å². The number of carbonyl (C=O) groups excluding carboxylic acids is 1. The summed E-state index contributed by atoms with van der Waals surface area (Å²) in [6.45, 7) is 2.78. The molecule has 2 rings (SSSR count). The van der Waals surface area contributed by atoms with Crippen LogP contribution in [0.5, 0.6) is 0 Å². The van der Waals surface area contributed by atoms with Crippen molar-refractivity contribution in [3.8, 4) is 0 Å². The van der Waals surface area contributed by atoms with Gasteiger partial charge < -0.3 is 10.6 Å². The smallest absolute Gasteiger partial charge is 0.257 e. The molecule has 1 heterocycles. The molecule has 0 bridgehead atoms. The number of anilines is 2. The van der Waals surface area contributed by atoms with E-state index in [9.17, 15) is 4.79 Å². The summed E-state index contributed by atoms with van der Waals surface area (Å²) in [6, 6.07) is 7.37. The van der Waals surface area contributed by atoms with Gasteiger partial charge in [-0.1, -0.05) is 12.1 Å². The van der Waals surface area contributed by atoms with E-state index >= 15 is 0 Å². The molecule has 0 fully saturated rings. The topological polar surface area (TPSA) is 59.0 Å². The first-order chi connectivity index (χ1) is 8.74. The van der Waals surface area contributed by atoms with Crippen LogP contribution in [0.25, 0.3) is 0 Å². The van der Waals surface area contributed by atoms with Crippen molar-refractivity contribution in [3.05, 3.63) is 42.2 Å². The lowest BCUT2D eigenvalue weighted by atomic mass is 10.1. The Hall–Kier alpha value is -2.30. The molecule has 0 aliphatic rings. The molecule has 0 aliphatic carbocycles. The first-order valence-corrected chi connectivity index (χ1v) is 5.85. The fraction of sp³-hybridized carbons (Fsp3) is 0.231. The van der Waals surface area contributed by atoms with E-state index in [-0.39, 0.29) is 5.91 Å². The minimum atomic E-state index is -0.143. The molecule has 94 valence electrons. The van der Waals surface area contributed by atoms with Gasteiger partial charge in [-0.05, 0) is 19.1 Å². The Morgan fingerprint density at radius 3 is 2.83 bits per heavy atom. The number of carbonyl (C=O) groups is 1. The van der Waals surface area contributed by atoms with E-state index < -0.39 is 0 Å². The highest BCUT2D eigenvalue weighted by molar-refractivity contribution is 6.07. The zero-order valence-corrected chi connectivity index (χ0v) is 10.5. The summed E-state index contributed by atoms with van der Waals surface area (Å²) in [5.74, 6) is -0.143. The Bertz CT molecular complexity index is 547. The van der Waals surface area contributed by atoms with E-state index in [0.717, 1.165) is 12.2 Å². The predicted octanol–water partition coefficient (Wildman–Crippen LogP) is 2.20. The molecule has 1 aromatic heterocycles. The van der Waals surface area contributed by atoms with Gasteiger partial charge in [-0.2, -0.15) is 5.10 Å². The van der Waals surface area contributed by atoms with Gasteiger partial charge in [0, 0.05) is 25.5 Å². The molecule has 5 nitrogen and oxygen atoms in total. The molecule has 18 heavy (non-hydrogen) atoms. The van der Waals surface area contributed by atoms with Crippen LogP contribution in [-0.2, 0) is 6.54 Å². The van der Waals surface area contributed by atoms with Crippen LogP contribution in [0.3, 0.4) is 0 Å². The molecule has 0 radical (unpaired) electrons. The van der Waals surface area contributed by atoms with Crippen molar-refractivity contribution >= 4 is 17.3 Å². The van der Waals surface area contributed by atoms with Gasteiger partial charge in [0.15, 0.2) is 0 Å². The maximum atomic E-state index is 12.1. The Kier molecular flexibility index (Phi) is 3.62. The highest BCUT2D eigenvalue weighted by Gasteiger charge is 2.10. The number of rotatable bonds is 4. The fourth-order valence-corrected chi connectivity index (χ4v) is 1.70. The molecule has 2 aromatic rings. The van der Waals surface area contributed by atoms with Crippen molar-refractivity contribution in [2.45, 2.75) is 13.5 Å². The van der Waals surface area contributed by atoms with Gasteiger partial charge in [0.1, 0.15) is 0 Å². The average Bonchev–Trinajstić information content (AvgIpc) is 2.86. The summed E-state index contributed by atoms with van der Waals surface area (Å²) >= 11 is 0. The van der Waals surface area contributed by atoms with Crippen molar-refractivity contribution in [2.75, 3.05) is 17.7 Å². The quantitative estimate of drug-likeness (QED) is 0.866. The number of aromatic nitrogens is 2. The van der Waals surface area contributed by atoms with Crippen LogP contribution in [-0.4, -0.2) is 22.7 Å². The van der Waals surface area contributed by atoms with Crippen LogP contribution < -0.4 is 10.6 Å². The second-order valence-electron chi connectivity index (χ2n) is 3.83. The first kappa shape index (κ1) is 12.2. The monoisotopic (exact) mass is 244 g/mol. The predicted molar refractivity (Wildman–Crippen MR) is 71.8 cm³/mol. The van der Waals surface area contributed by atoms with Crippen LogP contribution in [0.2, 0.25) is 0 Å². The molecule has 1 aromatic carbocycles. The number of aryl methyl sites for hydroxylation is 1. The molecule has 5 heteroatoms. The SMILES string of the molecule is CCn1cc(NC(=O)c2ccccc2NC)cn1. The Morgan fingerprint density at radius 2 is 2.17 bits per heavy atom. The van der Waals surface area contributed by atoms with Crippen molar-refractivity contribution in [2.24, 2.45) is 0 Å². The maximum absolute atomic E-state index is 12.1. The molecular formula is C13H16N4O. The summed E-state index contributed by atoms with van der Waals surface area (Å²) in [7, 11) is 1.79. The van der Waals surface area contributed by atoms with Crippen molar-refractivity contribution in [1.29, 1.82) is 0 Å². The summed E-state index contributed by atoms with van der Waals surface area (Å²) in [5, 5.41) is 9.93. The Balaban J connectivity index is 2.16. The highest BCUT2D eigenvalue weighted by Crippen LogP contribution is 2.16. The normalized spacial score (nSPS) is 10.1. The number of hydrogen-bond acceptors (Lipinski definition) is 3. The third-order valence-electron chi connectivity index (χ3n) is 2.66. The highest BCUT2D eigenvalue weighted by atomic mass is 16.1. The van der Waals surface area contributed by atoms with Gasteiger partial charge in [0.25, 0.3) is 5.91 Å². The average molecular weight is 244 g/mol. The minimum Gasteiger partial charge on any atom is -0.387 e. The van der Waals surface area contributed by atoms with Crippen molar-refractivity contribution in [1.82, 2.24) is 9.78 Å². The zero-order chi connectivity index (χ0) is 13.0. The van der Waals surface area contributed by atoms with Gasteiger partial charge in [-0.15, -0.1) is 0 Å². The van der Waals surface area contributed by atoms with E-state index in [2.05, 4.69) is 15.7 Å². The van der Waals surface area contributed by atoms with Crippen LogP contribution >= 0.6 is 0 Å². The van der Waals surface area contributed by atoms with Gasteiger partial charge in [0.2, 0.25) is 0 Å². The minimum absolute atomic E-state index is 0.143. The summed E-state index contributed by atoms with van der Waals surface area (Å²) in [6.07, 6.45) is 3.45. The van der Waals surface area contributed by atoms with E-state index in [1.807, 2.05) is 25.1 Å². The number of nitrogens with one attached hydrogen (secondary N) is 2. The molecule has 2 N–H and O–H groups in total. The van der Waals surface area contributed by atoms with Gasteiger partial charge >= 0.3 is 0 Å². The molecular weight excluding hydrogens is 228 g/mol. The lowest BCUT2D eigenvalue weighted by Gasteiger charge is -2.08. The zero-order valence-electron chi connectivity index (χ0n) is 10.5. The number of hydrogen-bond donors (Lipinski definition) is 2. The molecule has 1 amide bonds. The van der Waals surface area contributed by atoms with E-state index in [0.29, 0.717) is 11.3 Å². The van der Waals surface area contributed by atoms with Gasteiger partial charge in [-0.25, -0.2) is 0 Å². The van der Waals surface area contributed by atoms with E-state index in [4.69, 9.17) is 0 Å². The molecule has 0 spiro atoms. The molecule has 0 unspecified atom stereocenters. The standard InChI is InChI=1S/C13H16N4O/c1-3-17-9-10(8-15-17)16-13(18)11-6-4-5-7-12(11)14-2/h4-9,14H,3H2,1-2H3,(H,16,18). The van der Waals surface area contributed by atoms with Crippen molar-refractivity contribution in [3.63, 3.8) is 0 Å². The summed E-state index contributed by atoms with van der Waals surface area (Å²) < 4.78 is 1.76. The lowest BCUT2D eigenvalue weighted by molar-refractivity contribution is 0.102. The van der Waals surface area contributed by atoms with E-state index in [1.54, 1.807) is 30.2 Å². The van der Waals surface area contributed by atoms with Crippen LogP contribution in [0.1, 0.15) is 17.3 Å². The number of para-hydroxylation sites is 1. The number of amides is 1. The van der Waals surface area contributed by atoms with E-state index in [1.165, 1.54) is 0 Å². The third kappa shape index (κ3) is 2.51. The summed E-state index contributed by atoms with van der Waals surface area (Å²) in [4.78, 5) is 12.1. The van der Waals surface area contributed by atoms with Gasteiger partial charge in [0.05, 0.1) is 17.4 Å². The largest absolute Gasteiger partial charge is 0.387 e. The number of nitrogens with zero attached hydrogens (tertiary/aromatic N) is 2. The van der Waals surface area contributed by atoms with Crippen LogP contribution in [0.4, 0.5) is 11.4 Å². The van der Waals surface area contributed by atoms with Crippen molar-refractivity contribution < 1.29 is 4.79 Å². The number of benzene rings is 1.